The molecule has 2 N–H and O–H groups in total. The molecule has 0 radical (unpaired) electrons. The fraction of sp³-hybridized carbons (Fsp3) is 0. The number of halogens is 2. The summed E-state index contributed by atoms with van der Waals surface area (Å²) in [5.41, 5.74) is 3.64. The zero-order valence-electron chi connectivity index (χ0n) is 9.02. The molecular weight excluding hydrogens is 320 g/mol. The Morgan fingerprint density at radius 1 is 1.44 bits per heavy atom. The molecule has 0 bridgehead atoms. The fourth-order valence-electron chi connectivity index (χ4n) is 1.21. The summed E-state index contributed by atoms with van der Waals surface area (Å²) in [6, 6.07) is 7.30. The second-order valence-corrected chi connectivity index (χ2v) is 4.52. The van der Waals surface area contributed by atoms with E-state index >= 15 is 0 Å². The van der Waals surface area contributed by atoms with Crippen molar-refractivity contribution in [3.63, 3.8) is 0 Å². The van der Waals surface area contributed by atoms with Gasteiger partial charge in [0.2, 0.25) is 0 Å². The van der Waals surface area contributed by atoms with Gasteiger partial charge in [-0.15, -0.1) is 0 Å². The minimum atomic E-state index is -0.326. The summed E-state index contributed by atoms with van der Waals surface area (Å²) in [6.45, 7) is 0. The third-order valence-electron chi connectivity index (χ3n) is 2.09. The smallest absolute Gasteiger partial charge is 0.275 e. The minimum Gasteiger partial charge on any atom is -0.275 e. The maximum Gasteiger partial charge on any atom is 0.280 e. The van der Waals surface area contributed by atoms with Crippen LogP contribution in [-0.4, -0.2) is 16.4 Å². The van der Waals surface area contributed by atoms with Gasteiger partial charge >= 0.3 is 0 Å². The lowest BCUT2D eigenvalue weighted by molar-refractivity contribution is 0.977. The number of aromatic amines is 1. The number of hydrogen-bond acceptors (Lipinski definition) is 4. The van der Waals surface area contributed by atoms with Crippen LogP contribution in [0.5, 0.6) is 0 Å². The summed E-state index contributed by atoms with van der Waals surface area (Å²) in [6.07, 6.45) is 3.02. The highest BCUT2D eigenvalue weighted by molar-refractivity contribution is 9.10. The Bertz CT molecular complexity index is 641. The highest BCUT2D eigenvalue weighted by Gasteiger charge is 2.02. The molecule has 0 aliphatic carbocycles. The standard InChI is InChI=1S/C11H8BrClN4O/c12-10-9(6-15-17-11(10)18)16-14-5-7-3-1-2-4-8(7)13/h1-6H,(H2,16,17,18)/b14-5+. The summed E-state index contributed by atoms with van der Waals surface area (Å²) >= 11 is 9.10. The van der Waals surface area contributed by atoms with Crippen LogP contribution in [-0.2, 0) is 0 Å². The number of hydrazone groups is 1. The lowest BCUT2D eigenvalue weighted by atomic mass is 10.2. The monoisotopic (exact) mass is 326 g/mol. The predicted octanol–water partition coefficient (Wildman–Crippen LogP) is 2.63. The van der Waals surface area contributed by atoms with E-state index in [4.69, 9.17) is 11.6 Å². The van der Waals surface area contributed by atoms with Crippen LogP contribution in [0.4, 0.5) is 5.69 Å². The molecule has 18 heavy (non-hydrogen) atoms. The average Bonchev–Trinajstić information content (AvgIpc) is 2.37. The topological polar surface area (TPSA) is 70.1 Å². The van der Waals surface area contributed by atoms with E-state index in [0.717, 1.165) is 5.56 Å². The lowest BCUT2D eigenvalue weighted by Crippen LogP contribution is -2.10. The predicted molar refractivity (Wildman–Crippen MR) is 75.2 cm³/mol. The van der Waals surface area contributed by atoms with Crippen LogP contribution in [0, 0.1) is 0 Å². The second kappa shape index (κ2) is 5.79. The van der Waals surface area contributed by atoms with Gasteiger partial charge < -0.3 is 0 Å². The molecule has 0 fully saturated rings. The van der Waals surface area contributed by atoms with E-state index < -0.39 is 0 Å². The minimum absolute atomic E-state index is 0.326. The molecule has 1 aromatic carbocycles. The van der Waals surface area contributed by atoms with Crippen LogP contribution in [0.2, 0.25) is 5.02 Å². The van der Waals surface area contributed by atoms with Crippen LogP contribution in [0.3, 0.4) is 0 Å². The van der Waals surface area contributed by atoms with Crippen molar-refractivity contribution in [2.24, 2.45) is 5.10 Å². The van der Waals surface area contributed by atoms with E-state index in [-0.39, 0.29) is 5.56 Å². The maximum absolute atomic E-state index is 11.2. The number of rotatable bonds is 3. The van der Waals surface area contributed by atoms with Crippen molar-refractivity contribution in [3.05, 3.63) is 55.9 Å². The Morgan fingerprint density at radius 2 is 2.22 bits per heavy atom. The molecule has 0 aliphatic rings. The van der Waals surface area contributed by atoms with Gasteiger partial charge in [0.05, 0.1) is 18.1 Å². The molecule has 0 atom stereocenters. The first-order valence-electron chi connectivity index (χ1n) is 4.95. The normalized spacial score (nSPS) is 10.8. The molecule has 0 saturated heterocycles. The maximum atomic E-state index is 11.2. The number of nitrogens with zero attached hydrogens (tertiary/aromatic N) is 2. The van der Waals surface area contributed by atoms with E-state index in [2.05, 4.69) is 36.7 Å². The number of anilines is 1. The van der Waals surface area contributed by atoms with Crippen LogP contribution in [0.15, 0.2) is 44.8 Å². The van der Waals surface area contributed by atoms with E-state index in [9.17, 15) is 4.79 Å². The first-order valence-corrected chi connectivity index (χ1v) is 6.12. The molecule has 7 heteroatoms. The van der Waals surface area contributed by atoms with Crippen molar-refractivity contribution in [1.82, 2.24) is 10.2 Å². The third kappa shape index (κ3) is 2.96. The largest absolute Gasteiger partial charge is 0.280 e. The number of aromatic nitrogens is 2. The Hall–Kier alpha value is -1.66. The lowest BCUT2D eigenvalue weighted by Gasteiger charge is -2.01. The number of hydrogen-bond donors (Lipinski definition) is 2. The molecule has 1 heterocycles. The van der Waals surface area contributed by atoms with E-state index in [1.807, 2.05) is 18.2 Å². The Morgan fingerprint density at radius 3 is 3.00 bits per heavy atom. The number of nitrogens with one attached hydrogen (secondary N) is 2. The summed E-state index contributed by atoms with van der Waals surface area (Å²) in [7, 11) is 0. The van der Waals surface area contributed by atoms with E-state index in [1.54, 1.807) is 12.3 Å². The van der Waals surface area contributed by atoms with Crippen LogP contribution in [0.25, 0.3) is 0 Å². The summed E-state index contributed by atoms with van der Waals surface area (Å²) in [5, 5.41) is 10.5. The molecule has 0 aliphatic heterocycles. The van der Waals surface area contributed by atoms with Crippen molar-refractivity contribution < 1.29 is 0 Å². The quantitative estimate of drug-likeness (QED) is 0.672. The zero-order valence-corrected chi connectivity index (χ0v) is 11.4. The molecule has 2 aromatic rings. The Kier molecular flexibility index (Phi) is 4.11. The molecule has 2 rings (SSSR count). The SMILES string of the molecule is O=c1[nH]ncc(N/N=C/c2ccccc2Cl)c1Br. The third-order valence-corrected chi connectivity index (χ3v) is 3.22. The number of benzene rings is 1. The first kappa shape index (κ1) is 12.8. The van der Waals surface area contributed by atoms with Crippen molar-refractivity contribution in [1.29, 1.82) is 0 Å². The van der Waals surface area contributed by atoms with Crippen molar-refractivity contribution in [2.75, 3.05) is 5.43 Å². The zero-order chi connectivity index (χ0) is 13.0. The molecule has 0 amide bonds. The fourth-order valence-corrected chi connectivity index (χ4v) is 1.68. The molecule has 1 aromatic heterocycles. The highest BCUT2D eigenvalue weighted by atomic mass is 79.9. The van der Waals surface area contributed by atoms with Gasteiger partial charge in [0, 0.05) is 10.6 Å². The van der Waals surface area contributed by atoms with E-state index in [0.29, 0.717) is 15.2 Å². The van der Waals surface area contributed by atoms with E-state index in [1.165, 1.54) is 6.20 Å². The van der Waals surface area contributed by atoms with Gasteiger partial charge in [-0.1, -0.05) is 29.8 Å². The van der Waals surface area contributed by atoms with Crippen molar-refractivity contribution >= 4 is 39.4 Å². The summed E-state index contributed by atoms with van der Waals surface area (Å²) in [5.74, 6) is 0. The molecule has 5 nitrogen and oxygen atoms in total. The molecule has 0 unspecified atom stereocenters. The number of H-pyrrole nitrogens is 1. The van der Waals surface area contributed by atoms with Crippen LogP contribution < -0.4 is 11.0 Å². The first-order chi connectivity index (χ1) is 8.68. The second-order valence-electron chi connectivity index (χ2n) is 3.32. The van der Waals surface area contributed by atoms with Gasteiger partial charge in [0.1, 0.15) is 4.47 Å². The van der Waals surface area contributed by atoms with Crippen molar-refractivity contribution in [3.8, 4) is 0 Å². The molecular formula is C11H8BrClN4O. The molecule has 0 saturated carbocycles. The van der Waals surface area contributed by atoms with Gasteiger partial charge in [0.25, 0.3) is 5.56 Å². The van der Waals surface area contributed by atoms with Crippen molar-refractivity contribution in [2.45, 2.75) is 0 Å². The average molecular weight is 328 g/mol. The van der Waals surface area contributed by atoms with Gasteiger partial charge in [-0.2, -0.15) is 10.2 Å². The van der Waals surface area contributed by atoms with Gasteiger partial charge in [-0.25, -0.2) is 5.10 Å². The van der Waals surface area contributed by atoms with Crippen LogP contribution in [0.1, 0.15) is 5.56 Å². The molecule has 0 spiro atoms. The van der Waals surface area contributed by atoms with Crippen LogP contribution >= 0.6 is 27.5 Å². The summed E-state index contributed by atoms with van der Waals surface area (Å²) in [4.78, 5) is 11.2. The molecule has 92 valence electrons. The summed E-state index contributed by atoms with van der Waals surface area (Å²) < 4.78 is 0.341. The van der Waals surface area contributed by atoms with Gasteiger partial charge in [-0.05, 0) is 22.0 Å². The Labute approximate surface area is 116 Å². The highest BCUT2D eigenvalue weighted by Crippen LogP contribution is 2.16. The Balaban J connectivity index is 2.15. The van der Waals surface area contributed by atoms with Gasteiger partial charge in [-0.3, -0.25) is 10.2 Å². The van der Waals surface area contributed by atoms with Gasteiger partial charge in [0.15, 0.2) is 0 Å².